The smallest absolute Gasteiger partial charge is 0.165 e. The molecule has 0 bridgehead atoms. The quantitative estimate of drug-likeness (QED) is 0.944. The van der Waals surface area contributed by atoms with E-state index in [4.69, 9.17) is 10.5 Å². The van der Waals surface area contributed by atoms with Crippen LogP contribution in [-0.4, -0.2) is 4.98 Å². The SMILES string of the molecule is NCc1cccc(F)c1OCc1ccc(Br)cn1. The number of benzene rings is 1. The second kappa shape index (κ2) is 5.93. The maximum atomic E-state index is 13.6. The van der Waals surface area contributed by atoms with Crippen LogP contribution in [0, 0.1) is 5.82 Å². The fourth-order valence-corrected chi connectivity index (χ4v) is 1.75. The van der Waals surface area contributed by atoms with Crippen LogP contribution < -0.4 is 10.5 Å². The van der Waals surface area contributed by atoms with Crippen LogP contribution in [0.2, 0.25) is 0 Å². The van der Waals surface area contributed by atoms with Crippen LogP contribution in [0.5, 0.6) is 5.75 Å². The number of para-hydroxylation sites is 1. The zero-order valence-electron chi connectivity index (χ0n) is 9.57. The zero-order chi connectivity index (χ0) is 13.0. The number of rotatable bonds is 4. The van der Waals surface area contributed by atoms with Gasteiger partial charge >= 0.3 is 0 Å². The summed E-state index contributed by atoms with van der Waals surface area (Å²) in [4.78, 5) is 4.15. The summed E-state index contributed by atoms with van der Waals surface area (Å²) < 4.78 is 19.9. The minimum Gasteiger partial charge on any atom is -0.484 e. The van der Waals surface area contributed by atoms with Crippen molar-refractivity contribution in [1.29, 1.82) is 0 Å². The van der Waals surface area contributed by atoms with Crippen LogP contribution >= 0.6 is 15.9 Å². The molecule has 0 fully saturated rings. The fourth-order valence-electron chi connectivity index (χ4n) is 1.51. The molecule has 0 radical (unpaired) electrons. The van der Waals surface area contributed by atoms with Gasteiger partial charge in [0.25, 0.3) is 0 Å². The molecule has 1 aromatic heterocycles. The van der Waals surface area contributed by atoms with E-state index in [1.807, 2.05) is 12.1 Å². The molecule has 1 aromatic carbocycles. The first-order valence-corrected chi connectivity index (χ1v) is 6.20. The summed E-state index contributed by atoms with van der Waals surface area (Å²) in [6.45, 7) is 0.447. The fraction of sp³-hybridized carbons (Fsp3) is 0.154. The predicted octanol–water partition coefficient (Wildman–Crippen LogP) is 3.02. The first kappa shape index (κ1) is 13.0. The molecule has 2 rings (SSSR count). The highest BCUT2D eigenvalue weighted by atomic mass is 79.9. The number of nitrogens with zero attached hydrogens (tertiary/aromatic N) is 1. The van der Waals surface area contributed by atoms with E-state index >= 15 is 0 Å². The van der Waals surface area contributed by atoms with Gasteiger partial charge in [-0.25, -0.2) is 4.39 Å². The van der Waals surface area contributed by atoms with E-state index in [1.54, 1.807) is 18.3 Å². The summed E-state index contributed by atoms with van der Waals surface area (Å²) in [5.41, 5.74) is 6.91. The Bertz CT molecular complexity index is 531. The van der Waals surface area contributed by atoms with Crippen molar-refractivity contribution < 1.29 is 9.13 Å². The van der Waals surface area contributed by atoms with Crippen LogP contribution in [0.4, 0.5) is 4.39 Å². The standard InChI is InChI=1S/C13H12BrFN2O/c14-10-4-5-11(17-7-10)8-18-13-9(6-16)2-1-3-12(13)15/h1-5,7H,6,8,16H2. The number of hydrogen-bond acceptors (Lipinski definition) is 3. The van der Waals surface area contributed by atoms with Gasteiger partial charge in [0.1, 0.15) is 6.61 Å². The molecule has 2 N–H and O–H groups in total. The van der Waals surface area contributed by atoms with Crippen LogP contribution in [0.25, 0.3) is 0 Å². The van der Waals surface area contributed by atoms with Crippen molar-refractivity contribution in [2.45, 2.75) is 13.2 Å². The van der Waals surface area contributed by atoms with Crippen LogP contribution in [0.3, 0.4) is 0 Å². The molecule has 0 saturated heterocycles. The molecule has 5 heteroatoms. The minimum atomic E-state index is -0.407. The average molecular weight is 311 g/mol. The van der Waals surface area contributed by atoms with Gasteiger partial charge < -0.3 is 10.5 Å². The molecule has 18 heavy (non-hydrogen) atoms. The number of halogens is 2. The van der Waals surface area contributed by atoms with Crippen molar-refractivity contribution in [3.63, 3.8) is 0 Å². The molecule has 0 spiro atoms. The molecule has 1 heterocycles. The molecule has 3 nitrogen and oxygen atoms in total. The summed E-state index contributed by atoms with van der Waals surface area (Å²) in [6.07, 6.45) is 1.67. The molecular formula is C13H12BrFN2O. The van der Waals surface area contributed by atoms with Gasteiger partial charge in [0, 0.05) is 22.8 Å². The summed E-state index contributed by atoms with van der Waals surface area (Å²) in [6, 6.07) is 8.38. The Morgan fingerprint density at radius 2 is 2.11 bits per heavy atom. The van der Waals surface area contributed by atoms with Gasteiger partial charge in [-0.3, -0.25) is 4.98 Å². The predicted molar refractivity (Wildman–Crippen MR) is 70.6 cm³/mol. The summed E-state index contributed by atoms with van der Waals surface area (Å²) in [5, 5.41) is 0. The first-order valence-electron chi connectivity index (χ1n) is 5.41. The molecule has 0 aliphatic heterocycles. The zero-order valence-corrected chi connectivity index (χ0v) is 11.2. The molecule has 0 atom stereocenters. The number of nitrogens with two attached hydrogens (primary N) is 1. The average Bonchev–Trinajstić information content (AvgIpc) is 2.39. The molecule has 0 aliphatic rings. The van der Waals surface area contributed by atoms with Crippen LogP contribution in [0.1, 0.15) is 11.3 Å². The molecule has 0 unspecified atom stereocenters. The minimum absolute atomic E-state index is 0.199. The van der Waals surface area contributed by atoms with Crippen molar-refractivity contribution in [3.05, 3.63) is 58.1 Å². The second-order valence-electron chi connectivity index (χ2n) is 3.69. The van der Waals surface area contributed by atoms with E-state index in [9.17, 15) is 4.39 Å². The van der Waals surface area contributed by atoms with Crippen molar-refractivity contribution in [3.8, 4) is 5.75 Å². The van der Waals surface area contributed by atoms with E-state index in [-0.39, 0.29) is 18.9 Å². The van der Waals surface area contributed by atoms with Gasteiger partial charge in [-0.2, -0.15) is 0 Å². The summed E-state index contributed by atoms with van der Waals surface area (Å²) in [7, 11) is 0. The summed E-state index contributed by atoms with van der Waals surface area (Å²) in [5.74, 6) is -0.209. The van der Waals surface area contributed by atoms with Gasteiger partial charge in [-0.1, -0.05) is 12.1 Å². The third-order valence-electron chi connectivity index (χ3n) is 2.42. The molecule has 2 aromatic rings. The lowest BCUT2D eigenvalue weighted by atomic mass is 10.2. The van der Waals surface area contributed by atoms with Crippen molar-refractivity contribution >= 4 is 15.9 Å². The number of pyridine rings is 1. The van der Waals surface area contributed by atoms with Gasteiger partial charge in [0.05, 0.1) is 5.69 Å². The number of aromatic nitrogens is 1. The number of ether oxygens (including phenoxy) is 1. The summed E-state index contributed by atoms with van der Waals surface area (Å²) >= 11 is 3.30. The molecule has 0 amide bonds. The highest BCUT2D eigenvalue weighted by Crippen LogP contribution is 2.23. The Kier molecular flexibility index (Phi) is 4.28. The highest BCUT2D eigenvalue weighted by molar-refractivity contribution is 9.10. The Labute approximate surface area is 113 Å². The van der Waals surface area contributed by atoms with Crippen molar-refractivity contribution in [1.82, 2.24) is 4.98 Å². The Hall–Kier alpha value is -1.46. The largest absolute Gasteiger partial charge is 0.484 e. The number of hydrogen-bond donors (Lipinski definition) is 1. The van der Waals surface area contributed by atoms with E-state index in [2.05, 4.69) is 20.9 Å². The van der Waals surface area contributed by atoms with E-state index in [1.165, 1.54) is 6.07 Å². The Morgan fingerprint density at radius 3 is 2.78 bits per heavy atom. The van der Waals surface area contributed by atoms with Gasteiger partial charge in [0.15, 0.2) is 11.6 Å². The van der Waals surface area contributed by atoms with Gasteiger partial charge in [-0.05, 0) is 34.1 Å². The maximum absolute atomic E-state index is 13.6. The molecular weight excluding hydrogens is 299 g/mol. The third kappa shape index (κ3) is 3.05. The topological polar surface area (TPSA) is 48.1 Å². The third-order valence-corrected chi connectivity index (χ3v) is 2.89. The second-order valence-corrected chi connectivity index (χ2v) is 4.60. The highest BCUT2D eigenvalue weighted by Gasteiger charge is 2.09. The molecule has 0 aliphatic carbocycles. The van der Waals surface area contributed by atoms with Crippen molar-refractivity contribution in [2.75, 3.05) is 0 Å². The normalized spacial score (nSPS) is 10.4. The van der Waals surface area contributed by atoms with E-state index in [0.717, 1.165) is 10.2 Å². The Morgan fingerprint density at radius 1 is 1.28 bits per heavy atom. The molecule has 0 saturated carbocycles. The molecule has 94 valence electrons. The first-order chi connectivity index (χ1) is 8.70. The maximum Gasteiger partial charge on any atom is 0.165 e. The lowest BCUT2D eigenvalue weighted by Crippen LogP contribution is -2.05. The van der Waals surface area contributed by atoms with Crippen LogP contribution in [0.15, 0.2) is 41.0 Å². The van der Waals surface area contributed by atoms with Gasteiger partial charge in [0.2, 0.25) is 0 Å². The van der Waals surface area contributed by atoms with Gasteiger partial charge in [-0.15, -0.1) is 0 Å². The van der Waals surface area contributed by atoms with E-state index < -0.39 is 5.82 Å². The lowest BCUT2D eigenvalue weighted by molar-refractivity contribution is 0.282. The monoisotopic (exact) mass is 310 g/mol. The van der Waals surface area contributed by atoms with Crippen LogP contribution in [-0.2, 0) is 13.2 Å². The van der Waals surface area contributed by atoms with Crippen molar-refractivity contribution in [2.24, 2.45) is 5.73 Å². The van der Waals surface area contributed by atoms with E-state index in [0.29, 0.717) is 5.56 Å². The Balaban J connectivity index is 2.12. The lowest BCUT2D eigenvalue weighted by Gasteiger charge is -2.10.